The highest BCUT2D eigenvalue weighted by atomic mass is 31.1. The summed E-state index contributed by atoms with van der Waals surface area (Å²) >= 11 is 0. The standard InChI is InChI=1S/C15H17OP/c1-11-4-7-14(8-5-11)17-16-15-9-6-12(2)10-13(15)3/h4-10,17H,1-3H3. The summed E-state index contributed by atoms with van der Waals surface area (Å²) in [5.74, 6) is 0.981. The molecule has 1 nitrogen and oxygen atoms in total. The van der Waals surface area contributed by atoms with Crippen molar-refractivity contribution in [3.05, 3.63) is 59.2 Å². The fourth-order valence-electron chi connectivity index (χ4n) is 1.65. The third kappa shape index (κ3) is 3.31. The second-order valence-electron chi connectivity index (χ2n) is 4.34. The van der Waals surface area contributed by atoms with Gasteiger partial charge in [-0.3, -0.25) is 0 Å². The van der Waals surface area contributed by atoms with Crippen molar-refractivity contribution in [3.8, 4) is 5.75 Å². The minimum atomic E-state index is 0.371. The smallest absolute Gasteiger partial charge is 0.126 e. The Bertz CT molecular complexity index is 503. The van der Waals surface area contributed by atoms with E-state index in [9.17, 15) is 0 Å². The molecule has 17 heavy (non-hydrogen) atoms. The van der Waals surface area contributed by atoms with Gasteiger partial charge in [0.1, 0.15) is 14.6 Å². The van der Waals surface area contributed by atoms with E-state index in [0.29, 0.717) is 8.81 Å². The van der Waals surface area contributed by atoms with Gasteiger partial charge in [-0.15, -0.1) is 0 Å². The lowest BCUT2D eigenvalue weighted by Gasteiger charge is -2.09. The molecule has 2 aromatic rings. The maximum absolute atomic E-state index is 5.85. The van der Waals surface area contributed by atoms with Gasteiger partial charge in [-0.25, -0.2) is 0 Å². The van der Waals surface area contributed by atoms with Crippen molar-refractivity contribution in [2.75, 3.05) is 0 Å². The summed E-state index contributed by atoms with van der Waals surface area (Å²) in [6.07, 6.45) is 0. The highest BCUT2D eigenvalue weighted by molar-refractivity contribution is 7.42. The zero-order valence-electron chi connectivity index (χ0n) is 10.4. The Kier molecular flexibility index (Phi) is 3.81. The largest absolute Gasteiger partial charge is 0.472 e. The van der Waals surface area contributed by atoms with Gasteiger partial charge in [-0.05, 0) is 32.4 Å². The van der Waals surface area contributed by atoms with Crippen LogP contribution in [0, 0.1) is 20.8 Å². The highest BCUT2D eigenvalue weighted by Gasteiger charge is 2.00. The van der Waals surface area contributed by atoms with Gasteiger partial charge in [0.25, 0.3) is 0 Å². The van der Waals surface area contributed by atoms with E-state index >= 15 is 0 Å². The summed E-state index contributed by atoms with van der Waals surface area (Å²) in [5.41, 5.74) is 3.75. The average molecular weight is 244 g/mol. The molecule has 88 valence electrons. The van der Waals surface area contributed by atoms with E-state index in [1.807, 2.05) is 6.07 Å². The van der Waals surface area contributed by atoms with Crippen LogP contribution in [0.1, 0.15) is 16.7 Å². The van der Waals surface area contributed by atoms with E-state index in [0.717, 1.165) is 5.75 Å². The molecule has 1 atom stereocenters. The maximum Gasteiger partial charge on any atom is 0.126 e. The van der Waals surface area contributed by atoms with Crippen LogP contribution in [0.3, 0.4) is 0 Å². The Labute approximate surface area is 105 Å². The third-order valence-electron chi connectivity index (χ3n) is 2.66. The molecule has 0 fully saturated rings. The monoisotopic (exact) mass is 244 g/mol. The lowest BCUT2D eigenvalue weighted by atomic mass is 10.1. The second-order valence-corrected chi connectivity index (χ2v) is 5.32. The zero-order valence-corrected chi connectivity index (χ0v) is 11.4. The van der Waals surface area contributed by atoms with Crippen molar-refractivity contribution in [1.29, 1.82) is 0 Å². The summed E-state index contributed by atoms with van der Waals surface area (Å²) in [4.78, 5) is 0. The van der Waals surface area contributed by atoms with Gasteiger partial charge < -0.3 is 4.52 Å². The van der Waals surface area contributed by atoms with Crippen LogP contribution in [-0.4, -0.2) is 0 Å². The number of benzene rings is 2. The molecular formula is C15H17OP. The molecule has 0 aliphatic rings. The van der Waals surface area contributed by atoms with E-state index in [1.54, 1.807) is 0 Å². The molecule has 0 radical (unpaired) electrons. The first-order valence-electron chi connectivity index (χ1n) is 5.72. The number of aryl methyl sites for hydroxylation is 3. The van der Waals surface area contributed by atoms with Crippen molar-refractivity contribution in [3.63, 3.8) is 0 Å². The normalized spacial score (nSPS) is 11.0. The van der Waals surface area contributed by atoms with Gasteiger partial charge >= 0.3 is 0 Å². The Balaban J connectivity index is 2.04. The van der Waals surface area contributed by atoms with Crippen LogP contribution in [0.2, 0.25) is 0 Å². The van der Waals surface area contributed by atoms with Crippen molar-refractivity contribution < 1.29 is 4.52 Å². The average Bonchev–Trinajstić information content (AvgIpc) is 2.30. The van der Waals surface area contributed by atoms with Crippen molar-refractivity contribution >= 4 is 14.1 Å². The molecule has 0 bridgehead atoms. The second kappa shape index (κ2) is 5.33. The SMILES string of the molecule is Cc1ccc(POc2ccc(C)cc2C)cc1. The van der Waals surface area contributed by atoms with Crippen molar-refractivity contribution in [2.45, 2.75) is 20.8 Å². The molecule has 2 rings (SSSR count). The Morgan fingerprint density at radius 3 is 2.12 bits per heavy atom. The molecule has 0 saturated heterocycles. The van der Waals surface area contributed by atoms with Crippen molar-refractivity contribution in [2.24, 2.45) is 0 Å². The Morgan fingerprint density at radius 1 is 0.824 bits per heavy atom. The quantitative estimate of drug-likeness (QED) is 0.744. The summed E-state index contributed by atoms with van der Waals surface area (Å²) < 4.78 is 5.85. The molecule has 0 saturated carbocycles. The van der Waals surface area contributed by atoms with E-state index in [4.69, 9.17) is 4.52 Å². The first kappa shape index (κ1) is 12.1. The lowest BCUT2D eigenvalue weighted by Crippen LogP contribution is -1.96. The summed E-state index contributed by atoms with van der Waals surface area (Å²) in [7, 11) is 0.371. The van der Waals surface area contributed by atoms with E-state index in [-0.39, 0.29) is 0 Å². The van der Waals surface area contributed by atoms with Crippen LogP contribution < -0.4 is 9.83 Å². The lowest BCUT2D eigenvalue weighted by molar-refractivity contribution is 0.632. The zero-order chi connectivity index (χ0) is 12.3. The Hall–Kier alpha value is -1.33. The molecule has 0 amide bonds. The molecule has 0 N–H and O–H groups in total. The van der Waals surface area contributed by atoms with Gasteiger partial charge in [-0.2, -0.15) is 0 Å². The van der Waals surface area contributed by atoms with Crippen LogP contribution in [0.4, 0.5) is 0 Å². The van der Waals surface area contributed by atoms with Crippen LogP contribution in [0.25, 0.3) is 0 Å². The molecule has 2 aromatic carbocycles. The predicted molar refractivity (Wildman–Crippen MR) is 75.7 cm³/mol. The highest BCUT2D eigenvalue weighted by Crippen LogP contribution is 2.25. The molecule has 0 spiro atoms. The predicted octanol–water partition coefficient (Wildman–Crippen LogP) is 3.91. The van der Waals surface area contributed by atoms with Gasteiger partial charge in [0.2, 0.25) is 0 Å². The topological polar surface area (TPSA) is 9.23 Å². The van der Waals surface area contributed by atoms with Crippen LogP contribution in [-0.2, 0) is 0 Å². The molecule has 0 aliphatic heterocycles. The van der Waals surface area contributed by atoms with E-state index in [2.05, 4.69) is 57.2 Å². The van der Waals surface area contributed by atoms with Crippen molar-refractivity contribution in [1.82, 2.24) is 0 Å². The third-order valence-corrected chi connectivity index (χ3v) is 3.55. The van der Waals surface area contributed by atoms with E-state index < -0.39 is 0 Å². The minimum absolute atomic E-state index is 0.371. The first-order chi connectivity index (χ1) is 8.15. The molecule has 0 aliphatic carbocycles. The van der Waals surface area contributed by atoms with E-state index in [1.165, 1.54) is 22.0 Å². The van der Waals surface area contributed by atoms with Gasteiger partial charge in [-0.1, -0.05) is 47.5 Å². The first-order valence-corrected chi connectivity index (χ1v) is 6.63. The Morgan fingerprint density at radius 2 is 1.47 bits per heavy atom. The van der Waals surface area contributed by atoms with Crippen LogP contribution >= 0.6 is 8.81 Å². The summed E-state index contributed by atoms with van der Waals surface area (Å²) in [6.45, 7) is 6.28. The van der Waals surface area contributed by atoms with Gasteiger partial charge in [0, 0.05) is 5.30 Å². The molecule has 0 heterocycles. The molecule has 0 aromatic heterocycles. The van der Waals surface area contributed by atoms with Gasteiger partial charge in [0.05, 0.1) is 0 Å². The van der Waals surface area contributed by atoms with Gasteiger partial charge in [0.15, 0.2) is 0 Å². The molecule has 2 heteroatoms. The number of hydrogen-bond donors (Lipinski definition) is 0. The number of hydrogen-bond acceptors (Lipinski definition) is 1. The fourth-order valence-corrected chi connectivity index (χ4v) is 2.41. The minimum Gasteiger partial charge on any atom is -0.472 e. The maximum atomic E-state index is 5.85. The number of rotatable bonds is 3. The summed E-state index contributed by atoms with van der Waals surface area (Å²) in [5, 5.41) is 1.23. The molecule has 1 unspecified atom stereocenters. The van der Waals surface area contributed by atoms with Crippen LogP contribution in [0.5, 0.6) is 5.75 Å². The fraction of sp³-hybridized carbons (Fsp3) is 0.200. The molecular weight excluding hydrogens is 227 g/mol. The summed E-state index contributed by atoms with van der Waals surface area (Å²) in [6, 6.07) is 14.8. The van der Waals surface area contributed by atoms with Crippen LogP contribution in [0.15, 0.2) is 42.5 Å².